The highest BCUT2D eigenvalue weighted by Gasteiger charge is 2.29. The van der Waals surface area contributed by atoms with Gasteiger partial charge in [-0.25, -0.2) is 4.79 Å². The summed E-state index contributed by atoms with van der Waals surface area (Å²) in [5.74, 6) is -1.42. The molecular weight excluding hydrogens is 244 g/mol. The minimum Gasteiger partial charge on any atom is -0.480 e. The van der Waals surface area contributed by atoms with Gasteiger partial charge in [0.05, 0.1) is 0 Å². The van der Waals surface area contributed by atoms with E-state index < -0.39 is 11.5 Å². The van der Waals surface area contributed by atoms with Gasteiger partial charge in [0, 0.05) is 12.1 Å². The normalized spacial score (nSPS) is 14.6. The Morgan fingerprint density at radius 2 is 2.05 bits per heavy atom. The number of carbonyl (C=O) groups is 2. The molecule has 1 amide bonds. The van der Waals surface area contributed by atoms with Crippen LogP contribution in [-0.2, 0) is 17.8 Å². The highest BCUT2D eigenvalue weighted by Crippen LogP contribution is 2.16. The molecule has 5 heteroatoms. The third kappa shape index (κ3) is 2.93. The van der Waals surface area contributed by atoms with Crippen LogP contribution in [-0.4, -0.2) is 29.1 Å². The monoisotopic (exact) mass is 262 g/mol. The van der Waals surface area contributed by atoms with Gasteiger partial charge in [0.25, 0.3) is 5.91 Å². The number of carboxylic acid groups (broad SMARTS) is 1. The maximum absolute atomic E-state index is 12.1. The number of fused-ring (bicyclic) bond motifs is 1. The molecule has 5 nitrogen and oxygen atoms in total. The van der Waals surface area contributed by atoms with Crippen molar-refractivity contribution >= 4 is 11.9 Å². The molecule has 1 aromatic carbocycles. The molecule has 2 rings (SSSR count). The van der Waals surface area contributed by atoms with Crippen molar-refractivity contribution in [3.63, 3.8) is 0 Å². The van der Waals surface area contributed by atoms with Crippen LogP contribution < -0.4 is 10.6 Å². The molecule has 0 saturated heterocycles. The van der Waals surface area contributed by atoms with Crippen LogP contribution in [0.2, 0.25) is 0 Å². The Morgan fingerprint density at radius 3 is 2.74 bits per heavy atom. The van der Waals surface area contributed by atoms with Gasteiger partial charge < -0.3 is 15.7 Å². The first kappa shape index (κ1) is 13.5. The second kappa shape index (κ2) is 5.01. The number of carboxylic acids is 1. The summed E-state index contributed by atoms with van der Waals surface area (Å²) in [6.45, 7) is 4.63. The highest BCUT2D eigenvalue weighted by atomic mass is 16.4. The molecule has 1 aliphatic heterocycles. The molecular formula is C14H18N2O3. The largest absolute Gasteiger partial charge is 0.480 e. The van der Waals surface area contributed by atoms with E-state index >= 15 is 0 Å². The van der Waals surface area contributed by atoms with Crippen molar-refractivity contribution in [2.75, 3.05) is 6.54 Å². The number of benzene rings is 1. The molecule has 0 atom stereocenters. The van der Waals surface area contributed by atoms with Gasteiger partial charge in [0.2, 0.25) is 0 Å². The predicted octanol–water partition coefficient (Wildman–Crippen LogP) is 0.925. The molecule has 0 unspecified atom stereocenters. The van der Waals surface area contributed by atoms with Gasteiger partial charge in [-0.1, -0.05) is 6.07 Å². The van der Waals surface area contributed by atoms with Crippen molar-refractivity contribution in [3.8, 4) is 0 Å². The van der Waals surface area contributed by atoms with E-state index in [-0.39, 0.29) is 5.91 Å². The zero-order valence-corrected chi connectivity index (χ0v) is 11.1. The smallest absolute Gasteiger partial charge is 0.328 e. The number of nitrogens with one attached hydrogen (secondary N) is 2. The summed E-state index contributed by atoms with van der Waals surface area (Å²) in [4.78, 5) is 23.1. The van der Waals surface area contributed by atoms with Gasteiger partial charge >= 0.3 is 5.97 Å². The minimum atomic E-state index is -1.27. The fourth-order valence-electron chi connectivity index (χ4n) is 2.03. The molecule has 0 aliphatic carbocycles. The fourth-order valence-corrected chi connectivity index (χ4v) is 2.03. The molecule has 1 heterocycles. The van der Waals surface area contributed by atoms with Crippen LogP contribution in [0.25, 0.3) is 0 Å². The molecule has 1 aliphatic rings. The van der Waals surface area contributed by atoms with Crippen molar-refractivity contribution in [2.45, 2.75) is 32.4 Å². The molecule has 0 spiro atoms. The zero-order chi connectivity index (χ0) is 14.0. The lowest BCUT2D eigenvalue weighted by atomic mass is 9.97. The number of hydrogen-bond donors (Lipinski definition) is 3. The van der Waals surface area contributed by atoms with Crippen LogP contribution in [0.4, 0.5) is 0 Å². The van der Waals surface area contributed by atoms with Crippen LogP contribution in [0.1, 0.15) is 35.3 Å². The van der Waals surface area contributed by atoms with E-state index in [1.54, 1.807) is 6.07 Å². The molecule has 19 heavy (non-hydrogen) atoms. The molecule has 0 fully saturated rings. The van der Waals surface area contributed by atoms with E-state index in [0.717, 1.165) is 25.1 Å². The van der Waals surface area contributed by atoms with E-state index in [2.05, 4.69) is 10.6 Å². The second-order valence-corrected chi connectivity index (χ2v) is 5.29. The van der Waals surface area contributed by atoms with E-state index in [1.165, 1.54) is 19.4 Å². The van der Waals surface area contributed by atoms with Gasteiger partial charge in [0.15, 0.2) is 0 Å². The predicted molar refractivity (Wildman–Crippen MR) is 71.0 cm³/mol. The van der Waals surface area contributed by atoms with E-state index in [0.29, 0.717) is 5.56 Å². The molecule has 0 bridgehead atoms. The lowest BCUT2D eigenvalue weighted by Gasteiger charge is -2.22. The Bertz CT molecular complexity index is 523. The van der Waals surface area contributed by atoms with E-state index in [9.17, 15) is 9.59 Å². The molecule has 1 aromatic rings. The molecule has 0 aromatic heterocycles. The summed E-state index contributed by atoms with van der Waals surface area (Å²) in [5, 5.41) is 14.8. The molecule has 0 radical (unpaired) electrons. The first-order valence-corrected chi connectivity index (χ1v) is 6.28. The minimum absolute atomic E-state index is 0.360. The van der Waals surface area contributed by atoms with Crippen molar-refractivity contribution < 1.29 is 14.7 Å². The first-order valence-electron chi connectivity index (χ1n) is 6.28. The van der Waals surface area contributed by atoms with Crippen LogP contribution in [0.15, 0.2) is 18.2 Å². The average Bonchev–Trinajstić information content (AvgIpc) is 2.37. The Balaban J connectivity index is 2.18. The van der Waals surface area contributed by atoms with Crippen molar-refractivity contribution in [2.24, 2.45) is 0 Å². The van der Waals surface area contributed by atoms with Crippen LogP contribution >= 0.6 is 0 Å². The molecule has 102 valence electrons. The summed E-state index contributed by atoms with van der Waals surface area (Å²) < 4.78 is 0. The highest BCUT2D eigenvalue weighted by molar-refractivity contribution is 5.97. The summed E-state index contributed by atoms with van der Waals surface area (Å²) in [6.07, 6.45) is 0.956. The average molecular weight is 262 g/mol. The standard InChI is InChI=1S/C14H18N2O3/c1-14(2,13(18)19)16-12(17)10-4-3-9-5-6-15-8-11(9)7-10/h3-4,7,15H,5-6,8H2,1-2H3,(H,16,17)(H,18,19). The van der Waals surface area contributed by atoms with E-state index in [1.807, 2.05) is 12.1 Å². The summed E-state index contributed by atoms with van der Waals surface area (Å²) in [6, 6.07) is 5.52. The number of carbonyl (C=O) groups excluding carboxylic acids is 1. The third-order valence-electron chi connectivity index (χ3n) is 3.32. The Labute approximate surface area is 112 Å². The van der Waals surface area contributed by atoms with Gasteiger partial charge in [0.1, 0.15) is 5.54 Å². The Hall–Kier alpha value is -1.88. The Morgan fingerprint density at radius 1 is 1.32 bits per heavy atom. The lowest BCUT2D eigenvalue weighted by Crippen LogP contribution is -2.49. The fraction of sp³-hybridized carbons (Fsp3) is 0.429. The second-order valence-electron chi connectivity index (χ2n) is 5.29. The van der Waals surface area contributed by atoms with Gasteiger partial charge in [-0.3, -0.25) is 4.79 Å². The van der Waals surface area contributed by atoms with Crippen molar-refractivity contribution in [1.29, 1.82) is 0 Å². The van der Waals surface area contributed by atoms with Crippen molar-refractivity contribution in [1.82, 2.24) is 10.6 Å². The number of amides is 1. The summed E-state index contributed by atoms with van der Waals surface area (Å²) in [5.41, 5.74) is 1.57. The number of hydrogen-bond acceptors (Lipinski definition) is 3. The lowest BCUT2D eigenvalue weighted by molar-refractivity contribution is -0.143. The molecule has 3 N–H and O–H groups in total. The summed E-state index contributed by atoms with van der Waals surface area (Å²) in [7, 11) is 0. The first-order chi connectivity index (χ1) is 8.90. The third-order valence-corrected chi connectivity index (χ3v) is 3.32. The maximum atomic E-state index is 12.1. The van der Waals surface area contributed by atoms with Crippen LogP contribution in [0.5, 0.6) is 0 Å². The van der Waals surface area contributed by atoms with Crippen LogP contribution in [0.3, 0.4) is 0 Å². The number of rotatable bonds is 3. The van der Waals surface area contributed by atoms with E-state index in [4.69, 9.17) is 5.11 Å². The molecule has 0 saturated carbocycles. The Kier molecular flexibility index (Phi) is 3.57. The van der Waals surface area contributed by atoms with Crippen LogP contribution in [0, 0.1) is 0 Å². The SMILES string of the molecule is CC(C)(NC(=O)c1ccc2c(c1)CNCC2)C(=O)O. The summed E-state index contributed by atoms with van der Waals surface area (Å²) >= 11 is 0. The van der Waals surface area contributed by atoms with Gasteiger partial charge in [-0.15, -0.1) is 0 Å². The van der Waals surface area contributed by atoms with Gasteiger partial charge in [-0.05, 0) is 50.1 Å². The maximum Gasteiger partial charge on any atom is 0.328 e. The van der Waals surface area contributed by atoms with Gasteiger partial charge in [-0.2, -0.15) is 0 Å². The topological polar surface area (TPSA) is 78.4 Å². The quantitative estimate of drug-likeness (QED) is 0.757. The number of aliphatic carboxylic acids is 1. The van der Waals surface area contributed by atoms with Crippen molar-refractivity contribution in [3.05, 3.63) is 34.9 Å². The zero-order valence-electron chi connectivity index (χ0n) is 11.1.